The topological polar surface area (TPSA) is 283 Å². The van der Waals surface area contributed by atoms with Crippen LogP contribution in [0.15, 0.2) is 263 Å². The number of nitro benzene ring substituents is 2. The average molecular weight is 1590 g/mol. The van der Waals surface area contributed by atoms with Gasteiger partial charge in [-0.25, -0.2) is 37.3 Å². The van der Waals surface area contributed by atoms with Crippen molar-refractivity contribution in [2.45, 2.75) is 89.1 Å². The van der Waals surface area contributed by atoms with Crippen LogP contribution in [0.2, 0.25) is 0 Å². The Morgan fingerprint density at radius 2 is 0.717 bits per heavy atom. The minimum absolute atomic E-state index is 0.0823. The van der Waals surface area contributed by atoms with Crippen LogP contribution in [0.5, 0.6) is 0 Å². The molecule has 0 aromatic heterocycles. The third kappa shape index (κ3) is 14.5. The lowest BCUT2D eigenvalue weighted by Crippen LogP contribution is -2.68. The molecule has 2 atom stereocenters. The summed E-state index contributed by atoms with van der Waals surface area (Å²) in [4.78, 5) is 29.0. The first-order valence-electron chi connectivity index (χ1n) is 34.0. The standard InChI is InChI=1S/C84H72Br2N6O4.2ClHO4/c1-81(2)73(21-15-23-75-83(5,49-53-17-11-9-12-18-53)79-67-47-63(91(93)94)39-31-59(67)33-41-69(79)87(75)7)89(71-43-35-57-29-37-61(85)45-65(57)77(71)81)51-55-25-27-56(28-26-55)52-90-72-44-36-58-30-38-62(86)46-66(58)78(72)82(3,4)74(90)22-16-24-76-84(6,50-54-19-13-10-14-20-54)80-68-48-64(92(95)96)40-32-60(68)34-42-70(80)88(76)8;2*2-1(3,4)5/h9-48H,49-52H2,1-8H3;2*(H,2,3,4,5)/q+2;;/p-2. The minimum atomic E-state index is -4.94. The monoisotopic (exact) mass is 1580 g/mol. The lowest BCUT2D eigenvalue weighted by molar-refractivity contribution is -2.00. The second kappa shape index (κ2) is 28.6. The highest BCUT2D eigenvalue weighted by Crippen LogP contribution is 2.55. The summed E-state index contributed by atoms with van der Waals surface area (Å²) >= 11 is 7.68. The van der Waals surface area contributed by atoms with E-state index in [9.17, 15) is 20.2 Å². The van der Waals surface area contributed by atoms with Crippen molar-refractivity contribution < 1.29 is 76.8 Å². The van der Waals surface area contributed by atoms with E-state index in [2.05, 4.69) is 301 Å². The van der Waals surface area contributed by atoms with E-state index in [0.717, 1.165) is 64.4 Å². The number of hydrogen-bond acceptors (Lipinski definition) is 14. The molecule has 2 unspecified atom stereocenters. The predicted molar refractivity (Wildman–Crippen MR) is 401 cm³/mol. The molecular weight excluding hydrogens is 1520 g/mol. The van der Waals surface area contributed by atoms with Gasteiger partial charge in [0.1, 0.15) is 14.1 Å². The Balaban J connectivity index is 0.000000934. The van der Waals surface area contributed by atoms with E-state index in [0.29, 0.717) is 25.9 Å². The largest absolute Gasteiger partial charge is 0.340 e. The lowest BCUT2D eigenvalue weighted by atomic mass is 9.73. The van der Waals surface area contributed by atoms with Gasteiger partial charge in [-0.05, 0) is 176 Å². The highest BCUT2D eigenvalue weighted by molar-refractivity contribution is 9.10. The van der Waals surface area contributed by atoms with Crippen molar-refractivity contribution in [3.8, 4) is 0 Å². The zero-order valence-electron chi connectivity index (χ0n) is 59.0. The summed E-state index contributed by atoms with van der Waals surface area (Å²) in [5, 5.41) is 33.1. The smallest absolute Gasteiger partial charge is 0.270 e. The van der Waals surface area contributed by atoms with E-state index in [4.69, 9.17) is 37.3 Å². The van der Waals surface area contributed by atoms with E-state index in [1.54, 1.807) is 24.3 Å². The molecule has 0 fully saturated rings. The van der Waals surface area contributed by atoms with E-state index in [-0.39, 0.29) is 21.2 Å². The molecule has 15 rings (SSSR count). The Morgan fingerprint density at radius 1 is 0.406 bits per heavy atom. The molecule has 538 valence electrons. The number of anilines is 2. The predicted octanol–water partition coefficient (Wildman–Crippen LogP) is 11.5. The molecule has 11 aromatic rings. The maximum Gasteiger partial charge on any atom is 0.270 e. The minimum Gasteiger partial charge on any atom is -0.340 e. The Labute approximate surface area is 633 Å². The van der Waals surface area contributed by atoms with Gasteiger partial charge < -0.3 is 9.80 Å². The van der Waals surface area contributed by atoms with Gasteiger partial charge in [0.05, 0.1) is 20.7 Å². The quantitative estimate of drug-likeness (QED) is 0.0556. The molecule has 4 aliphatic heterocycles. The Kier molecular flexibility index (Phi) is 20.1. The number of benzene rings is 11. The second-order valence-corrected chi connectivity index (χ2v) is 31.9. The van der Waals surface area contributed by atoms with Crippen LogP contribution in [-0.2, 0) is 47.6 Å². The summed E-state index contributed by atoms with van der Waals surface area (Å²) in [6.45, 7) is 15.2. The van der Waals surface area contributed by atoms with Gasteiger partial charge in [-0.3, -0.25) is 20.2 Å². The molecule has 22 heteroatoms. The van der Waals surface area contributed by atoms with Crippen LogP contribution in [0.4, 0.5) is 34.1 Å². The molecule has 0 radical (unpaired) electrons. The van der Waals surface area contributed by atoms with Gasteiger partial charge >= 0.3 is 0 Å². The van der Waals surface area contributed by atoms with Crippen LogP contribution in [0.25, 0.3) is 43.1 Å². The third-order valence-electron chi connectivity index (χ3n) is 21.2. The van der Waals surface area contributed by atoms with Crippen LogP contribution in [-0.4, -0.2) is 44.5 Å². The molecule has 106 heavy (non-hydrogen) atoms. The van der Waals surface area contributed by atoms with Gasteiger partial charge in [0, 0.05) is 115 Å². The van der Waals surface area contributed by atoms with E-state index in [1.165, 1.54) is 77.7 Å². The van der Waals surface area contributed by atoms with E-state index in [1.807, 2.05) is 24.3 Å². The number of non-ortho nitro benzene ring substituents is 2. The summed E-state index contributed by atoms with van der Waals surface area (Å²) in [6.07, 6.45) is 15.0. The van der Waals surface area contributed by atoms with Crippen LogP contribution in [0, 0.1) is 40.7 Å². The van der Waals surface area contributed by atoms with Crippen molar-refractivity contribution in [1.82, 2.24) is 0 Å². The van der Waals surface area contributed by atoms with Crippen LogP contribution < -0.4 is 47.1 Å². The van der Waals surface area contributed by atoms with Crippen molar-refractivity contribution >= 4 is 120 Å². The first-order chi connectivity index (χ1) is 50.1. The van der Waals surface area contributed by atoms with Gasteiger partial charge in [-0.2, -0.15) is 9.15 Å². The van der Waals surface area contributed by atoms with Gasteiger partial charge in [0.2, 0.25) is 11.4 Å². The molecule has 4 aliphatic rings. The number of fused-ring (bicyclic) bond motifs is 12. The molecule has 0 spiro atoms. The zero-order valence-corrected chi connectivity index (χ0v) is 63.7. The number of halogens is 4. The molecule has 0 saturated carbocycles. The number of nitrogens with zero attached hydrogens (tertiary/aromatic N) is 6. The molecule has 0 bridgehead atoms. The Hall–Kier alpha value is -9.62. The second-order valence-electron chi connectivity index (χ2n) is 28.6. The Bertz CT molecular complexity index is 5240. The molecule has 0 saturated heterocycles. The number of allylic oxidation sites excluding steroid dienone is 8. The molecule has 11 aromatic carbocycles. The Morgan fingerprint density at radius 3 is 1.06 bits per heavy atom. The van der Waals surface area contributed by atoms with Gasteiger partial charge in [0.25, 0.3) is 11.4 Å². The van der Waals surface area contributed by atoms with E-state index >= 15 is 0 Å². The summed E-state index contributed by atoms with van der Waals surface area (Å²) in [6, 6.07) is 71.5. The molecule has 4 heterocycles. The summed E-state index contributed by atoms with van der Waals surface area (Å²) < 4.78 is 74.6. The van der Waals surface area contributed by atoms with Crippen molar-refractivity contribution in [3.05, 3.63) is 328 Å². The maximum atomic E-state index is 12.3. The van der Waals surface area contributed by atoms with Crippen molar-refractivity contribution in [3.63, 3.8) is 0 Å². The first kappa shape index (κ1) is 74.6. The molecule has 0 amide bonds. The third-order valence-corrected chi connectivity index (χ3v) is 22.2. The highest BCUT2D eigenvalue weighted by Gasteiger charge is 2.50. The summed E-state index contributed by atoms with van der Waals surface area (Å²) in [7, 11) is -5.64. The van der Waals surface area contributed by atoms with E-state index < -0.39 is 42.1 Å². The molecule has 0 N–H and O–H groups in total. The highest BCUT2D eigenvalue weighted by atomic mass is 79.9. The van der Waals surface area contributed by atoms with Crippen LogP contribution >= 0.6 is 31.9 Å². The molecule has 18 nitrogen and oxygen atoms in total. The molecular formula is C84H72Br2Cl2N6O12. The normalized spacial score (nSPS) is 18.7. The van der Waals surface area contributed by atoms with Gasteiger partial charge in [-0.1, -0.05) is 181 Å². The fourth-order valence-electron chi connectivity index (χ4n) is 16.8. The van der Waals surface area contributed by atoms with Crippen molar-refractivity contribution in [1.29, 1.82) is 0 Å². The van der Waals surface area contributed by atoms with Crippen molar-refractivity contribution in [2.75, 3.05) is 23.9 Å². The maximum absolute atomic E-state index is 12.3. The SMILES string of the molecule is C[N+]1=C(/C=C/C=C2/N(Cc3ccc(CN4/C(=C/C=C/C5=[N+](C)c6ccc7ccc([N+](=O)[O-])cc7c6C5(C)Cc5ccccc5)C(C)(C)c5c4ccc4ccc(Br)cc54)cc3)c3ccc4ccc(Br)cc4c3C2(C)C)C(C)(Cc2ccccc2)c2c1ccc1ccc([N+](=O)[O-])cc21.[O-][Cl+3]([O-])([O-])[O-].[O-][Cl+3]([O-])([O-])[O-]. The summed E-state index contributed by atoms with van der Waals surface area (Å²) in [5.41, 5.74) is 16.8. The fraction of sp³-hybridized carbons (Fsp3) is 0.190. The summed E-state index contributed by atoms with van der Waals surface area (Å²) in [5.74, 6) is 0. The number of hydrogen-bond donors (Lipinski definition) is 0. The fourth-order valence-corrected chi connectivity index (χ4v) is 17.5. The zero-order chi connectivity index (χ0) is 75.7. The average Bonchev–Trinajstić information content (AvgIpc) is 1.58. The number of rotatable bonds is 14. The van der Waals surface area contributed by atoms with Gasteiger partial charge in [-0.15, -0.1) is 20.5 Å². The lowest BCUT2D eigenvalue weighted by Gasteiger charge is -2.28. The van der Waals surface area contributed by atoms with Crippen molar-refractivity contribution in [2.24, 2.45) is 0 Å². The number of nitro groups is 2. The van der Waals surface area contributed by atoms with Crippen LogP contribution in [0.3, 0.4) is 0 Å². The first-order valence-corrected chi connectivity index (χ1v) is 38.0. The molecule has 0 aliphatic carbocycles. The van der Waals surface area contributed by atoms with Gasteiger partial charge in [0.15, 0.2) is 11.4 Å². The van der Waals surface area contributed by atoms with Crippen LogP contribution in [0.1, 0.15) is 86.1 Å².